The summed E-state index contributed by atoms with van der Waals surface area (Å²) in [6.07, 6.45) is 3.18. The molecule has 21 heavy (non-hydrogen) atoms. The van der Waals surface area contributed by atoms with Gasteiger partial charge in [-0.05, 0) is 46.5 Å². The summed E-state index contributed by atoms with van der Waals surface area (Å²) in [5, 5.41) is 7.75. The molecule has 2 aromatic rings. The van der Waals surface area contributed by atoms with Gasteiger partial charge in [0, 0.05) is 12.2 Å². The van der Waals surface area contributed by atoms with Crippen molar-refractivity contribution in [1.29, 1.82) is 0 Å². The number of aryl methyl sites for hydroxylation is 1. The van der Waals surface area contributed by atoms with Gasteiger partial charge in [-0.2, -0.15) is 0 Å². The maximum absolute atomic E-state index is 12.2. The van der Waals surface area contributed by atoms with Crippen LogP contribution in [0.3, 0.4) is 0 Å². The summed E-state index contributed by atoms with van der Waals surface area (Å²) < 4.78 is 5.12. The molecule has 0 aliphatic carbocycles. The third-order valence-corrected chi connectivity index (χ3v) is 3.39. The van der Waals surface area contributed by atoms with Gasteiger partial charge in [0.15, 0.2) is 0 Å². The number of carbonyl (C=O) groups excluding carboxylic acids is 1. The van der Waals surface area contributed by atoms with Crippen LogP contribution < -0.4 is 5.32 Å². The molecule has 1 atom stereocenters. The molecule has 0 bridgehead atoms. The molecule has 2 rings (SSSR count). The van der Waals surface area contributed by atoms with E-state index in [2.05, 4.69) is 20.4 Å². The summed E-state index contributed by atoms with van der Waals surface area (Å²) in [5.74, 6) is -0.112. The normalized spacial score (nSPS) is 12.8. The average molecular weight is 290 g/mol. The van der Waals surface area contributed by atoms with E-state index in [-0.39, 0.29) is 11.9 Å². The van der Waals surface area contributed by atoms with Crippen molar-refractivity contribution in [3.05, 3.63) is 23.5 Å². The van der Waals surface area contributed by atoms with Gasteiger partial charge in [0.2, 0.25) is 0 Å². The molecule has 114 valence electrons. The van der Waals surface area contributed by atoms with Gasteiger partial charge < -0.3 is 14.7 Å². The van der Waals surface area contributed by atoms with Crippen LogP contribution in [0.4, 0.5) is 0 Å². The molecule has 0 radical (unpaired) electrons. The standard InChI is InChI=1S/C15H22N4O2/c1-5-13-12-8-11(9-16-15(12)21-18-13)14(20)17-10(2)6-7-19(3)4/h8-10H,5-7H2,1-4H3,(H,17,20). The zero-order valence-corrected chi connectivity index (χ0v) is 13.0. The van der Waals surface area contributed by atoms with Crippen molar-refractivity contribution in [2.24, 2.45) is 0 Å². The molecular formula is C15H22N4O2. The van der Waals surface area contributed by atoms with Gasteiger partial charge >= 0.3 is 0 Å². The van der Waals surface area contributed by atoms with E-state index in [4.69, 9.17) is 4.52 Å². The molecule has 0 aliphatic rings. The summed E-state index contributed by atoms with van der Waals surface area (Å²) in [6, 6.07) is 1.91. The first-order valence-corrected chi connectivity index (χ1v) is 7.21. The highest BCUT2D eigenvalue weighted by molar-refractivity contribution is 5.97. The maximum Gasteiger partial charge on any atom is 0.257 e. The summed E-state index contributed by atoms with van der Waals surface area (Å²) in [4.78, 5) is 18.5. The van der Waals surface area contributed by atoms with Crippen LogP contribution in [0.25, 0.3) is 11.1 Å². The molecule has 1 unspecified atom stereocenters. The van der Waals surface area contributed by atoms with Crippen LogP contribution >= 0.6 is 0 Å². The number of fused-ring (bicyclic) bond motifs is 1. The third kappa shape index (κ3) is 3.78. The highest BCUT2D eigenvalue weighted by Gasteiger charge is 2.14. The lowest BCUT2D eigenvalue weighted by Gasteiger charge is -2.16. The zero-order valence-electron chi connectivity index (χ0n) is 13.0. The van der Waals surface area contributed by atoms with Crippen LogP contribution in [-0.2, 0) is 6.42 Å². The van der Waals surface area contributed by atoms with Crippen LogP contribution in [0.2, 0.25) is 0 Å². The Bertz CT molecular complexity index is 621. The number of pyridine rings is 1. The Morgan fingerprint density at radius 3 is 2.90 bits per heavy atom. The van der Waals surface area contributed by atoms with Crippen molar-refractivity contribution < 1.29 is 9.32 Å². The van der Waals surface area contributed by atoms with Gasteiger partial charge in [0.1, 0.15) is 0 Å². The Labute approximate surface area is 124 Å². The largest absolute Gasteiger partial charge is 0.349 e. The lowest BCUT2D eigenvalue weighted by molar-refractivity contribution is 0.0936. The highest BCUT2D eigenvalue weighted by atomic mass is 16.5. The molecule has 2 heterocycles. The third-order valence-electron chi connectivity index (χ3n) is 3.39. The Hall–Kier alpha value is -1.95. The zero-order chi connectivity index (χ0) is 15.4. The Morgan fingerprint density at radius 2 is 2.24 bits per heavy atom. The Morgan fingerprint density at radius 1 is 1.48 bits per heavy atom. The van der Waals surface area contributed by atoms with Crippen molar-refractivity contribution in [1.82, 2.24) is 20.4 Å². The second-order valence-electron chi connectivity index (χ2n) is 5.53. The number of carbonyl (C=O) groups is 1. The quantitative estimate of drug-likeness (QED) is 0.879. The smallest absolute Gasteiger partial charge is 0.257 e. The fourth-order valence-electron chi connectivity index (χ4n) is 2.09. The van der Waals surface area contributed by atoms with E-state index in [1.54, 1.807) is 6.07 Å². The van der Waals surface area contributed by atoms with Gasteiger partial charge in [-0.3, -0.25) is 4.79 Å². The van der Waals surface area contributed by atoms with Crippen LogP contribution in [-0.4, -0.2) is 47.6 Å². The molecule has 0 saturated heterocycles. The van der Waals surface area contributed by atoms with Gasteiger partial charge in [-0.15, -0.1) is 0 Å². The number of hydrogen-bond donors (Lipinski definition) is 1. The number of nitrogens with one attached hydrogen (secondary N) is 1. The Kier molecular flexibility index (Phi) is 4.90. The van der Waals surface area contributed by atoms with Gasteiger partial charge in [0.05, 0.1) is 16.6 Å². The molecule has 6 heteroatoms. The van der Waals surface area contributed by atoms with E-state index in [1.807, 2.05) is 27.9 Å². The molecular weight excluding hydrogens is 268 g/mol. The van der Waals surface area contributed by atoms with Crippen LogP contribution in [0, 0.1) is 0 Å². The topological polar surface area (TPSA) is 71.3 Å². The second kappa shape index (κ2) is 6.67. The lowest BCUT2D eigenvalue weighted by atomic mass is 10.1. The van der Waals surface area contributed by atoms with Crippen molar-refractivity contribution >= 4 is 17.0 Å². The van der Waals surface area contributed by atoms with Crippen molar-refractivity contribution in [3.8, 4) is 0 Å². The first-order valence-electron chi connectivity index (χ1n) is 7.21. The average Bonchev–Trinajstić information content (AvgIpc) is 2.87. The number of amides is 1. The predicted octanol–water partition coefficient (Wildman–Crippen LogP) is 1.86. The van der Waals surface area contributed by atoms with E-state index < -0.39 is 0 Å². The first-order chi connectivity index (χ1) is 10.0. The van der Waals surface area contributed by atoms with E-state index in [0.717, 1.165) is 30.5 Å². The molecule has 0 aliphatic heterocycles. The first kappa shape index (κ1) is 15.4. The molecule has 0 spiro atoms. The number of rotatable bonds is 6. The second-order valence-corrected chi connectivity index (χ2v) is 5.53. The molecule has 0 saturated carbocycles. The summed E-state index contributed by atoms with van der Waals surface area (Å²) in [7, 11) is 4.04. The molecule has 1 N–H and O–H groups in total. The maximum atomic E-state index is 12.2. The molecule has 0 aromatic carbocycles. The van der Waals surface area contributed by atoms with Crippen LogP contribution in [0.15, 0.2) is 16.8 Å². The van der Waals surface area contributed by atoms with Gasteiger partial charge in [0.25, 0.3) is 11.6 Å². The van der Waals surface area contributed by atoms with Crippen molar-refractivity contribution in [3.63, 3.8) is 0 Å². The fourth-order valence-corrected chi connectivity index (χ4v) is 2.09. The molecule has 1 amide bonds. The Balaban J connectivity index is 2.08. The van der Waals surface area contributed by atoms with E-state index in [9.17, 15) is 4.79 Å². The van der Waals surface area contributed by atoms with Crippen LogP contribution in [0.5, 0.6) is 0 Å². The van der Waals surface area contributed by atoms with Gasteiger partial charge in [-0.1, -0.05) is 12.1 Å². The molecule has 2 aromatic heterocycles. The van der Waals surface area contributed by atoms with E-state index in [0.29, 0.717) is 11.3 Å². The lowest BCUT2D eigenvalue weighted by Crippen LogP contribution is -2.34. The van der Waals surface area contributed by atoms with Crippen molar-refractivity contribution in [2.45, 2.75) is 32.7 Å². The summed E-state index contributed by atoms with van der Waals surface area (Å²) in [5.41, 5.74) is 1.84. The predicted molar refractivity (Wildman–Crippen MR) is 81.3 cm³/mol. The number of hydrogen-bond acceptors (Lipinski definition) is 5. The molecule has 0 fully saturated rings. The highest BCUT2D eigenvalue weighted by Crippen LogP contribution is 2.18. The number of nitrogens with zero attached hydrogens (tertiary/aromatic N) is 3. The van der Waals surface area contributed by atoms with Gasteiger partial charge in [-0.25, -0.2) is 4.98 Å². The minimum Gasteiger partial charge on any atom is -0.349 e. The monoisotopic (exact) mass is 290 g/mol. The van der Waals surface area contributed by atoms with E-state index >= 15 is 0 Å². The summed E-state index contributed by atoms with van der Waals surface area (Å²) in [6.45, 7) is 4.93. The number of aromatic nitrogens is 2. The molecule has 6 nitrogen and oxygen atoms in total. The summed E-state index contributed by atoms with van der Waals surface area (Å²) >= 11 is 0. The minimum atomic E-state index is -0.112. The fraction of sp³-hybridized carbons (Fsp3) is 0.533. The van der Waals surface area contributed by atoms with Crippen molar-refractivity contribution in [2.75, 3.05) is 20.6 Å². The van der Waals surface area contributed by atoms with E-state index in [1.165, 1.54) is 6.20 Å². The SMILES string of the molecule is CCc1noc2ncc(C(=O)NC(C)CCN(C)C)cc12. The minimum absolute atomic E-state index is 0.112. The van der Waals surface area contributed by atoms with Crippen LogP contribution in [0.1, 0.15) is 36.3 Å².